The predicted octanol–water partition coefficient (Wildman–Crippen LogP) is 2.84. The van der Waals surface area contributed by atoms with Gasteiger partial charge < -0.3 is 11.5 Å². The lowest BCUT2D eigenvalue weighted by Crippen LogP contribution is -2.08. The lowest BCUT2D eigenvalue weighted by atomic mass is 10.0. The summed E-state index contributed by atoms with van der Waals surface area (Å²) in [5.41, 5.74) is 8.00. The molecule has 0 amide bonds. The minimum absolute atomic E-state index is 1.01. The highest BCUT2D eigenvalue weighted by Gasteiger charge is 2.28. The van der Waals surface area contributed by atoms with E-state index in [1.807, 2.05) is 0 Å². The molecule has 0 aliphatic heterocycles. The maximum Gasteiger partial charge on any atom is 0.198 e. The van der Waals surface area contributed by atoms with Gasteiger partial charge in [0.1, 0.15) is 0 Å². The largest absolute Gasteiger partial charge is 0.395 e. The minimum atomic E-state index is -2.26. The normalized spacial score (nSPS) is 11.2. The monoisotopic (exact) mass is 266 g/mol. The smallest absolute Gasteiger partial charge is 0.198 e. The molecular formula is C10H4F6N2. The van der Waals surface area contributed by atoms with Crippen molar-refractivity contribution in [1.29, 1.82) is 0 Å². The third-order valence-corrected chi connectivity index (χ3v) is 2.47. The summed E-state index contributed by atoms with van der Waals surface area (Å²) in [6, 6.07) is 0. The number of anilines is 2. The molecule has 0 atom stereocenters. The first-order valence-electron chi connectivity index (χ1n) is 4.46. The van der Waals surface area contributed by atoms with Crippen LogP contribution in [0, 0.1) is 34.9 Å². The summed E-state index contributed by atoms with van der Waals surface area (Å²) in [7, 11) is 0. The number of fused-ring (bicyclic) bond motifs is 1. The number of hydrogen-bond acceptors (Lipinski definition) is 2. The molecule has 0 bridgehead atoms. The van der Waals surface area contributed by atoms with Crippen molar-refractivity contribution in [2.75, 3.05) is 11.5 Å². The fourth-order valence-electron chi connectivity index (χ4n) is 1.55. The maximum atomic E-state index is 13.5. The summed E-state index contributed by atoms with van der Waals surface area (Å²) in [6.07, 6.45) is 0. The van der Waals surface area contributed by atoms with Gasteiger partial charge in [-0.15, -0.1) is 0 Å². The standard InChI is InChI=1S/C10H4F6N2/c11-3-1-2(4(12)8(16)7(3)15)6(14)10(18)9(17)5(1)13/h17-18H2. The Labute approximate surface area is 95.8 Å². The number of rotatable bonds is 0. The van der Waals surface area contributed by atoms with Crippen LogP contribution in [-0.4, -0.2) is 0 Å². The molecule has 0 aliphatic carbocycles. The number of nitrogens with two attached hydrogens (primary N) is 2. The first kappa shape index (κ1) is 12.3. The van der Waals surface area contributed by atoms with Crippen molar-refractivity contribution in [2.24, 2.45) is 0 Å². The molecule has 2 aromatic rings. The van der Waals surface area contributed by atoms with Crippen LogP contribution in [0.4, 0.5) is 37.7 Å². The van der Waals surface area contributed by atoms with Gasteiger partial charge in [0.2, 0.25) is 0 Å². The van der Waals surface area contributed by atoms with E-state index in [0.29, 0.717) is 0 Å². The van der Waals surface area contributed by atoms with Crippen molar-refractivity contribution in [3.05, 3.63) is 34.9 Å². The first-order chi connectivity index (χ1) is 8.29. The van der Waals surface area contributed by atoms with Crippen LogP contribution in [0.5, 0.6) is 0 Å². The summed E-state index contributed by atoms with van der Waals surface area (Å²) in [5.74, 6) is -12.0. The predicted molar refractivity (Wildman–Crippen MR) is 52.5 cm³/mol. The number of halogens is 6. The molecule has 0 aliphatic rings. The van der Waals surface area contributed by atoms with Gasteiger partial charge in [0.25, 0.3) is 0 Å². The Morgan fingerprint density at radius 1 is 0.444 bits per heavy atom. The Morgan fingerprint density at radius 3 is 1.00 bits per heavy atom. The maximum absolute atomic E-state index is 13.5. The van der Waals surface area contributed by atoms with E-state index in [4.69, 9.17) is 11.5 Å². The quantitative estimate of drug-likeness (QED) is 0.333. The number of benzene rings is 2. The van der Waals surface area contributed by atoms with E-state index in [1.54, 1.807) is 0 Å². The molecule has 8 heteroatoms. The Balaban J connectivity index is 3.22. The van der Waals surface area contributed by atoms with Crippen LogP contribution in [-0.2, 0) is 0 Å². The van der Waals surface area contributed by atoms with Crippen molar-refractivity contribution in [3.8, 4) is 0 Å². The van der Waals surface area contributed by atoms with Crippen LogP contribution in [0.25, 0.3) is 10.8 Å². The molecule has 4 N–H and O–H groups in total. The van der Waals surface area contributed by atoms with Gasteiger partial charge in [0.15, 0.2) is 34.9 Å². The van der Waals surface area contributed by atoms with Crippen molar-refractivity contribution >= 4 is 22.1 Å². The zero-order valence-electron chi connectivity index (χ0n) is 8.42. The highest BCUT2D eigenvalue weighted by molar-refractivity contribution is 5.93. The Kier molecular flexibility index (Phi) is 2.53. The van der Waals surface area contributed by atoms with Crippen LogP contribution >= 0.6 is 0 Å². The van der Waals surface area contributed by atoms with Crippen LogP contribution in [0.1, 0.15) is 0 Å². The van der Waals surface area contributed by atoms with Gasteiger partial charge in [-0.3, -0.25) is 0 Å². The Hall–Kier alpha value is -2.12. The molecule has 0 saturated heterocycles. The van der Waals surface area contributed by atoms with Crippen LogP contribution in [0.15, 0.2) is 0 Å². The van der Waals surface area contributed by atoms with Gasteiger partial charge in [0, 0.05) is 0 Å². The molecule has 0 unspecified atom stereocenters. The summed E-state index contributed by atoms with van der Waals surface area (Å²) in [4.78, 5) is 0. The molecule has 0 aromatic heterocycles. The van der Waals surface area contributed by atoms with Crippen molar-refractivity contribution in [2.45, 2.75) is 0 Å². The van der Waals surface area contributed by atoms with Crippen molar-refractivity contribution in [1.82, 2.24) is 0 Å². The Morgan fingerprint density at radius 2 is 0.722 bits per heavy atom. The molecular weight excluding hydrogens is 262 g/mol. The van der Waals surface area contributed by atoms with Gasteiger partial charge in [-0.25, -0.2) is 26.3 Å². The first-order valence-corrected chi connectivity index (χ1v) is 4.46. The van der Waals surface area contributed by atoms with Gasteiger partial charge in [0.05, 0.1) is 22.1 Å². The van der Waals surface area contributed by atoms with Gasteiger partial charge in [-0.2, -0.15) is 0 Å². The second-order valence-corrected chi connectivity index (χ2v) is 3.46. The SMILES string of the molecule is Nc1c(N)c(F)c2c(F)c(F)c(F)c(F)c2c1F. The van der Waals surface area contributed by atoms with Gasteiger partial charge in [-0.1, -0.05) is 0 Å². The van der Waals surface area contributed by atoms with Gasteiger partial charge >= 0.3 is 0 Å². The second-order valence-electron chi connectivity index (χ2n) is 3.46. The van der Waals surface area contributed by atoms with Gasteiger partial charge in [-0.05, 0) is 0 Å². The molecule has 0 fully saturated rings. The second kappa shape index (κ2) is 3.69. The summed E-state index contributed by atoms with van der Waals surface area (Å²) < 4.78 is 79.5. The zero-order chi connectivity index (χ0) is 13.8. The minimum Gasteiger partial charge on any atom is -0.395 e. The van der Waals surface area contributed by atoms with E-state index in [0.717, 1.165) is 0 Å². The molecule has 0 saturated carbocycles. The fourth-order valence-corrected chi connectivity index (χ4v) is 1.55. The number of nitrogen functional groups attached to an aromatic ring is 2. The highest BCUT2D eigenvalue weighted by atomic mass is 19.2. The van der Waals surface area contributed by atoms with Crippen molar-refractivity contribution in [3.63, 3.8) is 0 Å². The lowest BCUT2D eigenvalue weighted by Gasteiger charge is -2.11. The molecule has 0 radical (unpaired) electrons. The average molecular weight is 266 g/mol. The Bertz CT molecular complexity index is 569. The van der Waals surface area contributed by atoms with E-state index >= 15 is 0 Å². The molecule has 96 valence electrons. The van der Waals surface area contributed by atoms with E-state index in [1.165, 1.54) is 0 Å². The van der Waals surface area contributed by atoms with E-state index in [2.05, 4.69) is 0 Å². The van der Waals surface area contributed by atoms with E-state index in [9.17, 15) is 26.3 Å². The topological polar surface area (TPSA) is 52.0 Å². The van der Waals surface area contributed by atoms with E-state index < -0.39 is 57.1 Å². The van der Waals surface area contributed by atoms with Crippen LogP contribution in [0.3, 0.4) is 0 Å². The fraction of sp³-hybridized carbons (Fsp3) is 0. The number of hydrogen-bond donors (Lipinski definition) is 2. The molecule has 2 rings (SSSR count). The molecule has 0 spiro atoms. The lowest BCUT2D eigenvalue weighted by molar-refractivity contribution is 0.414. The third-order valence-electron chi connectivity index (χ3n) is 2.47. The van der Waals surface area contributed by atoms with E-state index in [-0.39, 0.29) is 0 Å². The summed E-state index contributed by atoms with van der Waals surface area (Å²) >= 11 is 0. The molecule has 0 heterocycles. The summed E-state index contributed by atoms with van der Waals surface area (Å²) in [5, 5.41) is -2.84. The zero-order valence-corrected chi connectivity index (χ0v) is 8.42. The molecule has 2 aromatic carbocycles. The summed E-state index contributed by atoms with van der Waals surface area (Å²) in [6.45, 7) is 0. The third kappa shape index (κ3) is 1.31. The average Bonchev–Trinajstić information content (AvgIpc) is 2.35. The van der Waals surface area contributed by atoms with Crippen LogP contribution in [0.2, 0.25) is 0 Å². The molecule has 2 nitrogen and oxygen atoms in total. The van der Waals surface area contributed by atoms with Crippen LogP contribution < -0.4 is 11.5 Å². The van der Waals surface area contributed by atoms with Crippen molar-refractivity contribution < 1.29 is 26.3 Å². The molecule has 18 heavy (non-hydrogen) atoms. The highest BCUT2D eigenvalue weighted by Crippen LogP contribution is 2.37.